The summed E-state index contributed by atoms with van der Waals surface area (Å²) in [5.41, 5.74) is 4.34. The Morgan fingerprint density at radius 3 is 2.28 bits per heavy atom. The fourth-order valence-electron chi connectivity index (χ4n) is 4.25. The van der Waals surface area contributed by atoms with Gasteiger partial charge in [0.15, 0.2) is 0 Å². The molecule has 0 spiro atoms. The number of amides is 2. The van der Waals surface area contributed by atoms with Crippen LogP contribution in [0.25, 0.3) is 0 Å². The smallest absolute Gasteiger partial charge is 0.258 e. The van der Waals surface area contributed by atoms with Gasteiger partial charge < -0.3 is 10.6 Å². The zero-order valence-corrected chi connectivity index (χ0v) is 19.9. The molecule has 3 aromatic rings. The molecule has 1 aromatic heterocycles. The Morgan fingerprint density at radius 1 is 0.938 bits per heavy atom. The molecule has 2 amide bonds. The van der Waals surface area contributed by atoms with Crippen molar-refractivity contribution in [1.29, 1.82) is 0 Å². The number of carbonyl (C=O) groups is 2. The molecule has 0 saturated carbocycles. The number of fused-ring (bicyclic) bond motifs is 1. The summed E-state index contributed by atoms with van der Waals surface area (Å²) in [6.45, 7) is 8.82. The molecule has 1 aliphatic rings. The van der Waals surface area contributed by atoms with E-state index in [0.717, 1.165) is 36.1 Å². The van der Waals surface area contributed by atoms with Crippen molar-refractivity contribution in [3.05, 3.63) is 81.7 Å². The minimum Gasteiger partial charge on any atom is -0.322 e. The Bertz CT molecular complexity index is 1120. The number of benzene rings is 2. The van der Waals surface area contributed by atoms with Crippen molar-refractivity contribution < 1.29 is 9.59 Å². The summed E-state index contributed by atoms with van der Waals surface area (Å²) < 4.78 is 0. The van der Waals surface area contributed by atoms with Gasteiger partial charge >= 0.3 is 0 Å². The summed E-state index contributed by atoms with van der Waals surface area (Å²) in [5.74, 6) is 0.200. The maximum atomic E-state index is 13.4. The average Bonchev–Trinajstić information content (AvgIpc) is 3.11. The summed E-state index contributed by atoms with van der Waals surface area (Å²) in [7, 11) is 0. The quantitative estimate of drug-likeness (QED) is 0.468. The first kappa shape index (κ1) is 22.3. The van der Waals surface area contributed by atoms with Gasteiger partial charge in [0, 0.05) is 16.1 Å². The zero-order chi connectivity index (χ0) is 22.9. The average molecular weight is 447 g/mol. The van der Waals surface area contributed by atoms with Crippen LogP contribution in [-0.4, -0.2) is 11.8 Å². The van der Waals surface area contributed by atoms with E-state index in [1.54, 1.807) is 11.3 Å². The second-order valence-electron chi connectivity index (χ2n) is 9.65. The second kappa shape index (κ2) is 8.91. The van der Waals surface area contributed by atoms with E-state index in [1.165, 1.54) is 4.88 Å². The van der Waals surface area contributed by atoms with E-state index in [1.807, 2.05) is 61.5 Å². The molecular weight excluding hydrogens is 416 g/mol. The Labute approximate surface area is 194 Å². The molecular formula is C27H30N2O2S. The van der Waals surface area contributed by atoms with Crippen LogP contribution < -0.4 is 10.6 Å². The monoisotopic (exact) mass is 446 g/mol. The maximum absolute atomic E-state index is 13.4. The number of rotatable bonds is 4. The lowest BCUT2D eigenvalue weighted by Gasteiger charge is -2.33. The molecule has 4 nitrogen and oxygen atoms in total. The Balaban J connectivity index is 1.68. The molecule has 2 aromatic carbocycles. The van der Waals surface area contributed by atoms with Gasteiger partial charge in [-0.1, -0.05) is 56.7 Å². The van der Waals surface area contributed by atoms with Crippen LogP contribution in [0.15, 0.2) is 54.6 Å². The predicted molar refractivity (Wildman–Crippen MR) is 133 cm³/mol. The first-order valence-electron chi connectivity index (χ1n) is 11.1. The topological polar surface area (TPSA) is 58.2 Å². The van der Waals surface area contributed by atoms with Gasteiger partial charge in [-0.3, -0.25) is 9.59 Å². The second-order valence-corrected chi connectivity index (χ2v) is 10.8. The summed E-state index contributed by atoms with van der Waals surface area (Å²) in [6, 6.07) is 16.9. The minimum absolute atomic E-state index is 0.165. The van der Waals surface area contributed by atoms with Crippen molar-refractivity contribution in [1.82, 2.24) is 0 Å². The van der Waals surface area contributed by atoms with E-state index in [-0.39, 0.29) is 17.2 Å². The van der Waals surface area contributed by atoms with E-state index in [0.29, 0.717) is 22.0 Å². The largest absolute Gasteiger partial charge is 0.322 e. The Hall–Kier alpha value is -2.92. The van der Waals surface area contributed by atoms with Gasteiger partial charge in [-0.25, -0.2) is 0 Å². The molecule has 2 N–H and O–H groups in total. The SMILES string of the molecule is Cc1ccc(C(=O)Nc2sc3c(c2C(=O)Nc2ccccc2)CCC(C(C)(C)C)C3)cc1. The van der Waals surface area contributed by atoms with Crippen LogP contribution in [0.1, 0.15) is 63.9 Å². The van der Waals surface area contributed by atoms with Gasteiger partial charge in [-0.2, -0.15) is 0 Å². The predicted octanol–water partition coefficient (Wildman–Crippen LogP) is 6.71. The van der Waals surface area contributed by atoms with Crippen molar-refractivity contribution in [2.75, 3.05) is 10.6 Å². The van der Waals surface area contributed by atoms with Crippen LogP contribution in [0.2, 0.25) is 0 Å². The van der Waals surface area contributed by atoms with Crippen LogP contribution in [0.5, 0.6) is 0 Å². The van der Waals surface area contributed by atoms with E-state index in [4.69, 9.17) is 0 Å². The van der Waals surface area contributed by atoms with E-state index < -0.39 is 0 Å². The first-order valence-corrected chi connectivity index (χ1v) is 11.9. The van der Waals surface area contributed by atoms with Crippen LogP contribution in [0, 0.1) is 18.3 Å². The van der Waals surface area contributed by atoms with Gasteiger partial charge in [0.05, 0.1) is 5.56 Å². The molecule has 1 aliphatic carbocycles. The summed E-state index contributed by atoms with van der Waals surface area (Å²) in [4.78, 5) is 27.5. The standard InChI is InChI=1S/C27H30N2O2S/c1-17-10-12-18(13-11-17)24(30)29-26-23(25(31)28-20-8-6-5-7-9-20)21-15-14-19(27(2,3)4)16-22(21)32-26/h5-13,19H,14-16H2,1-4H3,(H,28,31)(H,29,30). The summed E-state index contributed by atoms with van der Waals surface area (Å²) in [5, 5.41) is 6.70. The number of thiophene rings is 1. The van der Waals surface area contributed by atoms with Gasteiger partial charge in [0.25, 0.3) is 11.8 Å². The van der Waals surface area contributed by atoms with E-state index >= 15 is 0 Å². The van der Waals surface area contributed by atoms with E-state index in [9.17, 15) is 9.59 Å². The summed E-state index contributed by atoms with van der Waals surface area (Å²) >= 11 is 1.55. The minimum atomic E-state index is -0.190. The Morgan fingerprint density at radius 2 is 1.62 bits per heavy atom. The van der Waals surface area contributed by atoms with Gasteiger partial charge in [-0.05, 0) is 67.3 Å². The summed E-state index contributed by atoms with van der Waals surface area (Å²) in [6.07, 6.45) is 2.84. The molecule has 4 rings (SSSR count). The van der Waals surface area contributed by atoms with Gasteiger partial charge in [0.2, 0.25) is 0 Å². The molecule has 166 valence electrons. The third kappa shape index (κ3) is 4.78. The molecule has 5 heteroatoms. The number of anilines is 2. The normalized spacial score (nSPS) is 15.7. The van der Waals surface area contributed by atoms with Crippen LogP contribution >= 0.6 is 11.3 Å². The number of hydrogen-bond donors (Lipinski definition) is 2. The van der Waals surface area contributed by atoms with Crippen molar-refractivity contribution in [3.8, 4) is 0 Å². The highest BCUT2D eigenvalue weighted by atomic mass is 32.1. The highest BCUT2D eigenvalue weighted by Crippen LogP contribution is 2.44. The molecule has 1 unspecified atom stereocenters. The number of nitrogens with one attached hydrogen (secondary N) is 2. The maximum Gasteiger partial charge on any atom is 0.258 e. The number of aryl methyl sites for hydroxylation is 1. The van der Waals surface area contributed by atoms with Crippen molar-refractivity contribution in [3.63, 3.8) is 0 Å². The first-order chi connectivity index (χ1) is 15.2. The molecule has 0 fully saturated rings. The molecule has 1 heterocycles. The Kier molecular flexibility index (Phi) is 6.20. The van der Waals surface area contributed by atoms with Crippen LogP contribution in [0.4, 0.5) is 10.7 Å². The third-order valence-corrected chi connectivity index (χ3v) is 7.46. The molecule has 0 radical (unpaired) electrons. The number of hydrogen-bond acceptors (Lipinski definition) is 3. The van der Waals surface area contributed by atoms with Crippen molar-refractivity contribution in [2.24, 2.45) is 11.3 Å². The lowest BCUT2D eigenvalue weighted by Crippen LogP contribution is -2.27. The molecule has 0 bridgehead atoms. The van der Waals surface area contributed by atoms with Gasteiger partial charge in [-0.15, -0.1) is 11.3 Å². The van der Waals surface area contributed by atoms with E-state index in [2.05, 4.69) is 31.4 Å². The lowest BCUT2D eigenvalue weighted by atomic mass is 9.72. The fraction of sp³-hybridized carbons (Fsp3) is 0.333. The molecule has 0 aliphatic heterocycles. The van der Waals surface area contributed by atoms with Crippen molar-refractivity contribution in [2.45, 2.75) is 47.0 Å². The third-order valence-electron chi connectivity index (χ3n) is 6.29. The van der Waals surface area contributed by atoms with Crippen molar-refractivity contribution >= 4 is 33.8 Å². The zero-order valence-electron chi connectivity index (χ0n) is 19.1. The molecule has 32 heavy (non-hydrogen) atoms. The number of para-hydroxylation sites is 1. The fourth-order valence-corrected chi connectivity index (χ4v) is 5.57. The highest BCUT2D eigenvalue weighted by molar-refractivity contribution is 7.17. The van der Waals surface area contributed by atoms with Crippen LogP contribution in [0.3, 0.4) is 0 Å². The van der Waals surface area contributed by atoms with Crippen LogP contribution in [-0.2, 0) is 12.8 Å². The van der Waals surface area contributed by atoms with Gasteiger partial charge in [0.1, 0.15) is 5.00 Å². The number of carbonyl (C=O) groups excluding carboxylic acids is 2. The lowest BCUT2D eigenvalue weighted by molar-refractivity contribution is 0.102. The molecule has 0 saturated heterocycles. The molecule has 1 atom stereocenters. The highest BCUT2D eigenvalue weighted by Gasteiger charge is 2.34.